The first kappa shape index (κ1) is 12.1. The highest BCUT2D eigenvalue weighted by molar-refractivity contribution is 6.30. The molecule has 1 rings (SSSR count). The molecule has 2 nitrogen and oxygen atoms in total. The van der Waals surface area contributed by atoms with Crippen LogP contribution in [0.2, 0.25) is 5.02 Å². The average Bonchev–Trinajstić information content (AvgIpc) is 2.19. The molecular formula is C12H15ClO2. The summed E-state index contributed by atoms with van der Waals surface area (Å²) in [6.07, 6.45) is 0.309. The van der Waals surface area contributed by atoms with E-state index < -0.39 is 0 Å². The van der Waals surface area contributed by atoms with Crippen LogP contribution in [0.4, 0.5) is 0 Å². The summed E-state index contributed by atoms with van der Waals surface area (Å²) in [5.74, 6) is 0.185. The predicted octanol–water partition coefficient (Wildman–Crippen LogP) is 3.08. The number of rotatable bonds is 4. The van der Waals surface area contributed by atoms with Crippen LogP contribution in [0.15, 0.2) is 24.3 Å². The summed E-state index contributed by atoms with van der Waals surface area (Å²) >= 11 is 5.73. The molecule has 1 aromatic carbocycles. The molecule has 0 radical (unpaired) electrons. The largest absolute Gasteiger partial charge is 0.465 e. The van der Waals surface area contributed by atoms with Crippen LogP contribution in [-0.4, -0.2) is 12.6 Å². The number of benzene rings is 1. The van der Waals surface area contributed by atoms with Gasteiger partial charge >= 0.3 is 5.97 Å². The van der Waals surface area contributed by atoms with Crippen molar-refractivity contribution in [2.75, 3.05) is 6.61 Å². The molecule has 0 aliphatic heterocycles. The van der Waals surface area contributed by atoms with Gasteiger partial charge in [0.25, 0.3) is 0 Å². The van der Waals surface area contributed by atoms with E-state index in [1.807, 2.05) is 26.0 Å². The summed E-state index contributed by atoms with van der Waals surface area (Å²) in [5.41, 5.74) is 0.924. The summed E-state index contributed by atoms with van der Waals surface area (Å²) in [4.78, 5) is 11.3. The van der Waals surface area contributed by atoms with Gasteiger partial charge in [-0.2, -0.15) is 0 Å². The van der Waals surface area contributed by atoms with Gasteiger partial charge in [-0.3, -0.25) is 4.79 Å². The number of halogens is 1. The van der Waals surface area contributed by atoms with Crippen LogP contribution in [0.3, 0.4) is 0 Å². The molecule has 0 heterocycles. The van der Waals surface area contributed by atoms with Crippen LogP contribution in [0, 0.1) is 5.92 Å². The quantitative estimate of drug-likeness (QED) is 0.738. The average molecular weight is 227 g/mol. The molecule has 0 bridgehead atoms. The molecule has 0 N–H and O–H groups in total. The number of hydrogen-bond acceptors (Lipinski definition) is 2. The van der Waals surface area contributed by atoms with Crippen molar-refractivity contribution in [2.24, 2.45) is 5.92 Å². The molecule has 0 aliphatic rings. The molecule has 82 valence electrons. The maximum atomic E-state index is 11.3. The van der Waals surface area contributed by atoms with Gasteiger partial charge in [0.1, 0.15) is 0 Å². The Morgan fingerprint density at radius 2 is 1.93 bits per heavy atom. The SMILES string of the molecule is CC(C)COC(=O)Cc1ccc(Cl)cc1. The lowest BCUT2D eigenvalue weighted by Crippen LogP contribution is -2.12. The Morgan fingerprint density at radius 3 is 2.47 bits per heavy atom. The molecule has 0 saturated heterocycles. The first-order valence-corrected chi connectivity index (χ1v) is 5.36. The van der Waals surface area contributed by atoms with Crippen molar-refractivity contribution in [2.45, 2.75) is 20.3 Å². The van der Waals surface area contributed by atoms with Gasteiger partial charge in [-0.1, -0.05) is 37.6 Å². The van der Waals surface area contributed by atoms with Gasteiger partial charge in [-0.25, -0.2) is 0 Å². The van der Waals surface area contributed by atoms with E-state index in [0.717, 1.165) is 5.56 Å². The van der Waals surface area contributed by atoms with E-state index in [0.29, 0.717) is 24.0 Å². The van der Waals surface area contributed by atoms with Gasteiger partial charge in [-0.15, -0.1) is 0 Å². The Hall–Kier alpha value is -1.02. The summed E-state index contributed by atoms with van der Waals surface area (Å²) in [5, 5.41) is 0.675. The molecule has 0 aliphatic carbocycles. The van der Waals surface area contributed by atoms with Crippen LogP contribution < -0.4 is 0 Å². The van der Waals surface area contributed by atoms with Crippen molar-refractivity contribution >= 4 is 17.6 Å². The molecule has 0 spiro atoms. The third-order valence-corrected chi connectivity index (χ3v) is 2.09. The lowest BCUT2D eigenvalue weighted by atomic mass is 10.1. The second-order valence-corrected chi connectivity index (χ2v) is 4.32. The van der Waals surface area contributed by atoms with Gasteiger partial charge in [0, 0.05) is 5.02 Å². The second kappa shape index (κ2) is 5.76. The summed E-state index contributed by atoms with van der Waals surface area (Å²) in [6.45, 7) is 4.50. The Morgan fingerprint density at radius 1 is 1.33 bits per heavy atom. The zero-order valence-corrected chi connectivity index (χ0v) is 9.75. The van der Waals surface area contributed by atoms with E-state index in [1.54, 1.807) is 12.1 Å². The zero-order chi connectivity index (χ0) is 11.3. The van der Waals surface area contributed by atoms with E-state index in [-0.39, 0.29) is 5.97 Å². The third kappa shape index (κ3) is 4.84. The van der Waals surface area contributed by atoms with E-state index in [1.165, 1.54) is 0 Å². The fourth-order valence-electron chi connectivity index (χ4n) is 1.08. The number of hydrogen-bond donors (Lipinski definition) is 0. The van der Waals surface area contributed by atoms with Gasteiger partial charge in [0.2, 0.25) is 0 Å². The summed E-state index contributed by atoms with van der Waals surface area (Å²) in [6, 6.07) is 7.21. The lowest BCUT2D eigenvalue weighted by molar-refractivity contribution is -0.143. The van der Waals surface area contributed by atoms with Crippen LogP contribution in [0.5, 0.6) is 0 Å². The fraction of sp³-hybridized carbons (Fsp3) is 0.417. The Labute approximate surface area is 95.2 Å². The van der Waals surface area contributed by atoms with Crippen molar-refractivity contribution in [1.29, 1.82) is 0 Å². The topological polar surface area (TPSA) is 26.3 Å². The van der Waals surface area contributed by atoms with E-state index in [9.17, 15) is 4.79 Å². The van der Waals surface area contributed by atoms with E-state index in [4.69, 9.17) is 16.3 Å². The van der Waals surface area contributed by atoms with E-state index in [2.05, 4.69) is 0 Å². The smallest absolute Gasteiger partial charge is 0.310 e. The van der Waals surface area contributed by atoms with Gasteiger partial charge < -0.3 is 4.74 Å². The van der Waals surface area contributed by atoms with Gasteiger partial charge in [-0.05, 0) is 23.6 Å². The Bertz CT molecular complexity index is 317. The molecule has 3 heteroatoms. The molecule has 15 heavy (non-hydrogen) atoms. The molecule has 1 aromatic rings. The third-order valence-electron chi connectivity index (χ3n) is 1.84. The predicted molar refractivity (Wildman–Crippen MR) is 61.0 cm³/mol. The van der Waals surface area contributed by atoms with Crippen molar-refractivity contribution in [3.8, 4) is 0 Å². The maximum Gasteiger partial charge on any atom is 0.310 e. The second-order valence-electron chi connectivity index (χ2n) is 3.88. The highest BCUT2D eigenvalue weighted by Gasteiger charge is 2.05. The maximum absolute atomic E-state index is 11.3. The Balaban J connectivity index is 2.41. The van der Waals surface area contributed by atoms with E-state index >= 15 is 0 Å². The first-order valence-electron chi connectivity index (χ1n) is 4.98. The highest BCUT2D eigenvalue weighted by Crippen LogP contribution is 2.10. The van der Waals surface area contributed by atoms with Crippen molar-refractivity contribution in [3.63, 3.8) is 0 Å². The molecule has 0 saturated carbocycles. The van der Waals surface area contributed by atoms with Gasteiger partial charge in [0.05, 0.1) is 13.0 Å². The first-order chi connectivity index (χ1) is 7.08. The van der Waals surface area contributed by atoms with Crippen molar-refractivity contribution in [3.05, 3.63) is 34.9 Å². The lowest BCUT2D eigenvalue weighted by Gasteiger charge is -2.06. The number of carbonyl (C=O) groups excluding carboxylic acids is 1. The van der Waals surface area contributed by atoms with Crippen LogP contribution in [0.25, 0.3) is 0 Å². The molecule has 0 unspecified atom stereocenters. The molecular weight excluding hydrogens is 212 g/mol. The molecule has 0 aromatic heterocycles. The minimum atomic E-state index is -0.189. The fourth-order valence-corrected chi connectivity index (χ4v) is 1.21. The van der Waals surface area contributed by atoms with Crippen LogP contribution in [0.1, 0.15) is 19.4 Å². The highest BCUT2D eigenvalue weighted by atomic mass is 35.5. The minimum absolute atomic E-state index is 0.189. The number of esters is 1. The normalized spacial score (nSPS) is 10.4. The standard InChI is InChI=1S/C12H15ClO2/c1-9(2)8-15-12(14)7-10-3-5-11(13)6-4-10/h3-6,9H,7-8H2,1-2H3. The number of ether oxygens (including phenoxy) is 1. The van der Waals surface area contributed by atoms with Crippen molar-refractivity contribution < 1.29 is 9.53 Å². The van der Waals surface area contributed by atoms with Crippen molar-refractivity contribution in [1.82, 2.24) is 0 Å². The zero-order valence-electron chi connectivity index (χ0n) is 9.00. The van der Waals surface area contributed by atoms with Crippen LogP contribution >= 0.6 is 11.6 Å². The molecule has 0 atom stereocenters. The molecule has 0 amide bonds. The molecule has 0 fully saturated rings. The van der Waals surface area contributed by atoms with Gasteiger partial charge in [0.15, 0.2) is 0 Å². The summed E-state index contributed by atoms with van der Waals surface area (Å²) < 4.78 is 5.07. The number of carbonyl (C=O) groups is 1. The minimum Gasteiger partial charge on any atom is -0.465 e. The summed E-state index contributed by atoms with van der Waals surface area (Å²) in [7, 11) is 0. The van der Waals surface area contributed by atoms with Crippen LogP contribution in [-0.2, 0) is 16.0 Å². The monoisotopic (exact) mass is 226 g/mol. The Kier molecular flexibility index (Phi) is 4.63.